The lowest BCUT2D eigenvalue weighted by molar-refractivity contribution is -0.128. The number of aliphatic hydroxyl groups excluding tert-OH is 1. The molecule has 1 fully saturated rings. The molecule has 1 aromatic carbocycles. The summed E-state index contributed by atoms with van der Waals surface area (Å²) in [5, 5.41) is 20.6. The standard InChI is InChI=1S/C19H27NO3S/c1-18(2,3)12-8-11(9-13(15(12)21)19(4,5)6)10-14-16(22)20(7)17(23)24-14/h8-10,17,21,23H,1-7H3. The average Bonchev–Trinajstić information content (AvgIpc) is 2.65. The van der Waals surface area contributed by atoms with Crippen LogP contribution in [0.15, 0.2) is 17.0 Å². The van der Waals surface area contributed by atoms with Crippen LogP contribution in [0.5, 0.6) is 5.75 Å². The lowest BCUT2D eigenvalue weighted by atomic mass is 9.78. The Kier molecular flexibility index (Phi) is 4.81. The van der Waals surface area contributed by atoms with Crippen LogP contribution in [0.2, 0.25) is 0 Å². The zero-order chi connectivity index (χ0) is 18.4. The Hall–Kier alpha value is -1.46. The molecule has 4 nitrogen and oxygen atoms in total. The van der Waals surface area contributed by atoms with Crippen molar-refractivity contribution in [2.24, 2.45) is 0 Å². The maximum Gasteiger partial charge on any atom is 0.262 e. The van der Waals surface area contributed by atoms with E-state index < -0.39 is 5.56 Å². The minimum Gasteiger partial charge on any atom is -0.507 e. The minimum absolute atomic E-state index is 0.185. The summed E-state index contributed by atoms with van der Waals surface area (Å²) in [7, 11) is 1.58. The molecule has 0 spiro atoms. The van der Waals surface area contributed by atoms with Crippen molar-refractivity contribution in [3.05, 3.63) is 33.7 Å². The van der Waals surface area contributed by atoms with Gasteiger partial charge < -0.3 is 15.1 Å². The van der Waals surface area contributed by atoms with Crippen LogP contribution in [-0.4, -0.2) is 33.6 Å². The predicted molar refractivity (Wildman–Crippen MR) is 99.9 cm³/mol. The van der Waals surface area contributed by atoms with E-state index in [4.69, 9.17) is 0 Å². The molecule has 0 aliphatic carbocycles. The Labute approximate surface area is 148 Å². The highest BCUT2D eigenvalue weighted by atomic mass is 32.2. The first-order chi connectivity index (χ1) is 10.8. The van der Waals surface area contributed by atoms with Crippen LogP contribution in [0, 0.1) is 0 Å². The zero-order valence-corrected chi connectivity index (χ0v) is 16.3. The highest BCUT2D eigenvalue weighted by Gasteiger charge is 2.32. The molecule has 2 N–H and O–H groups in total. The zero-order valence-electron chi connectivity index (χ0n) is 15.5. The number of hydrogen-bond donors (Lipinski definition) is 2. The van der Waals surface area contributed by atoms with Crippen LogP contribution in [0.3, 0.4) is 0 Å². The smallest absolute Gasteiger partial charge is 0.262 e. The van der Waals surface area contributed by atoms with Crippen LogP contribution in [0.4, 0.5) is 0 Å². The number of aliphatic hydroxyl groups is 1. The summed E-state index contributed by atoms with van der Waals surface area (Å²) in [5.41, 5.74) is 1.28. The van der Waals surface area contributed by atoms with E-state index in [2.05, 4.69) is 41.5 Å². The highest BCUT2D eigenvalue weighted by molar-refractivity contribution is 8.05. The Morgan fingerprint density at radius 2 is 1.54 bits per heavy atom. The SMILES string of the molecule is CN1C(=O)C(=Cc2cc(C(C)(C)C)c(O)c(C(C)(C)C)c2)SC1O. The number of rotatable bonds is 1. The quantitative estimate of drug-likeness (QED) is 0.757. The van der Waals surface area contributed by atoms with E-state index in [1.807, 2.05) is 12.1 Å². The van der Waals surface area contributed by atoms with E-state index in [1.165, 1.54) is 4.90 Å². The van der Waals surface area contributed by atoms with Gasteiger partial charge in [0.15, 0.2) is 5.56 Å². The summed E-state index contributed by atoms with van der Waals surface area (Å²) < 4.78 is 0. The molecule has 132 valence electrons. The molecule has 0 saturated carbocycles. The van der Waals surface area contributed by atoms with Crippen LogP contribution in [0.1, 0.15) is 58.2 Å². The van der Waals surface area contributed by atoms with E-state index in [9.17, 15) is 15.0 Å². The van der Waals surface area contributed by atoms with Crippen molar-refractivity contribution in [1.29, 1.82) is 0 Å². The number of thioether (sulfide) groups is 1. The number of nitrogens with zero attached hydrogens (tertiary/aromatic N) is 1. The molecule has 0 bridgehead atoms. The topological polar surface area (TPSA) is 60.8 Å². The first-order valence-corrected chi connectivity index (χ1v) is 8.92. The molecule has 1 aromatic rings. The molecule has 24 heavy (non-hydrogen) atoms. The van der Waals surface area contributed by atoms with Crippen molar-refractivity contribution in [2.45, 2.75) is 57.9 Å². The number of carbonyl (C=O) groups excluding carboxylic acids is 1. The summed E-state index contributed by atoms with van der Waals surface area (Å²) in [6.07, 6.45) is 1.80. The molecule has 0 aromatic heterocycles. The van der Waals surface area contributed by atoms with Crippen LogP contribution < -0.4 is 0 Å². The molecule has 1 amide bonds. The van der Waals surface area contributed by atoms with Gasteiger partial charge in [-0.1, -0.05) is 53.3 Å². The van der Waals surface area contributed by atoms with Gasteiger partial charge in [0.25, 0.3) is 5.91 Å². The maximum absolute atomic E-state index is 12.2. The Balaban J connectivity index is 2.62. The molecule has 2 rings (SSSR count). The van der Waals surface area contributed by atoms with E-state index in [-0.39, 0.29) is 16.7 Å². The number of hydrogen-bond acceptors (Lipinski definition) is 4. The van der Waals surface area contributed by atoms with Gasteiger partial charge in [0.05, 0.1) is 4.91 Å². The number of carbonyl (C=O) groups is 1. The van der Waals surface area contributed by atoms with Crippen molar-refractivity contribution in [2.75, 3.05) is 7.05 Å². The molecule has 1 atom stereocenters. The van der Waals surface area contributed by atoms with E-state index in [0.717, 1.165) is 28.5 Å². The third-order valence-corrected chi connectivity index (χ3v) is 5.21. The molecule has 1 saturated heterocycles. The van der Waals surface area contributed by atoms with Gasteiger partial charge in [-0.25, -0.2) is 0 Å². The normalized spacial score (nSPS) is 21.0. The summed E-state index contributed by atoms with van der Waals surface area (Å²) in [6.45, 7) is 12.3. The van der Waals surface area contributed by atoms with Crippen molar-refractivity contribution >= 4 is 23.7 Å². The van der Waals surface area contributed by atoms with E-state index in [1.54, 1.807) is 13.1 Å². The highest BCUT2D eigenvalue weighted by Crippen LogP contribution is 2.41. The largest absolute Gasteiger partial charge is 0.507 e. The van der Waals surface area contributed by atoms with Crippen LogP contribution >= 0.6 is 11.8 Å². The van der Waals surface area contributed by atoms with Gasteiger partial charge in [-0.2, -0.15) is 0 Å². The molecule has 0 radical (unpaired) electrons. The predicted octanol–water partition coefficient (Wildman–Crippen LogP) is 3.81. The number of aromatic hydroxyl groups is 1. The molecule has 5 heteroatoms. The maximum atomic E-state index is 12.2. The summed E-state index contributed by atoms with van der Waals surface area (Å²) in [6, 6.07) is 3.85. The Morgan fingerprint density at radius 3 is 1.88 bits per heavy atom. The van der Waals surface area contributed by atoms with E-state index >= 15 is 0 Å². The van der Waals surface area contributed by atoms with Crippen LogP contribution in [-0.2, 0) is 15.6 Å². The lowest BCUT2D eigenvalue weighted by Gasteiger charge is -2.28. The Bertz CT molecular complexity index is 661. The van der Waals surface area contributed by atoms with Crippen molar-refractivity contribution in [3.63, 3.8) is 0 Å². The van der Waals surface area contributed by atoms with Gasteiger partial charge in [-0.3, -0.25) is 4.79 Å². The average molecular weight is 349 g/mol. The van der Waals surface area contributed by atoms with Gasteiger partial charge in [0.2, 0.25) is 0 Å². The van der Waals surface area contributed by atoms with Crippen molar-refractivity contribution < 1.29 is 15.0 Å². The number of likely N-dealkylation sites (N-methyl/N-ethyl adjacent to an activating group) is 1. The van der Waals surface area contributed by atoms with Gasteiger partial charge in [0.1, 0.15) is 5.75 Å². The third-order valence-electron chi connectivity index (χ3n) is 4.14. The fraction of sp³-hybridized carbons (Fsp3) is 0.526. The molecule has 1 unspecified atom stereocenters. The fourth-order valence-electron chi connectivity index (χ4n) is 2.65. The second-order valence-corrected chi connectivity index (χ2v) is 9.43. The van der Waals surface area contributed by atoms with Gasteiger partial charge >= 0.3 is 0 Å². The minimum atomic E-state index is -0.843. The lowest BCUT2D eigenvalue weighted by Crippen LogP contribution is -2.27. The van der Waals surface area contributed by atoms with Gasteiger partial charge in [0, 0.05) is 18.2 Å². The fourth-order valence-corrected chi connectivity index (χ4v) is 3.58. The number of benzene rings is 1. The monoisotopic (exact) mass is 349 g/mol. The number of amides is 1. The summed E-state index contributed by atoms with van der Waals surface area (Å²) >= 11 is 1.14. The first-order valence-electron chi connectivity index (χ1n) is 8.04. The summed E-state index contributed by atoms with van der Waals surface area (Å²) in [4.78, 5) is 14.0. The second kappa shape index (κ2) is 6.12. The van der Waals surface area contributed by atoms with Gasteiger partial charge in [-0.15, -0.1) is 0 Å². The molecular formula is C19H27NO3S. The molecule has 1 aliphatic rings. The summed E-state index contributed by atoms with van der Waals surface area (Å²) in [5.74, 6) is 0.134. The molecular weight excluding hydrogens is 322 g/mol. The molecule has 1 aliphatic heterocycles. The van der Waals surface area contributed by atoms with Gasteiger partial charge in [-0.05, 0) is 34.6 Å². The molecule has 1 heterocycles. The Morgan fingerprint density at radius 1 is 1.08 bits per heavy atom. The number of phenols is 1. The third kappa shape index (κ3) is 3.62. The first kappa shape index (κ1) is 18.9. The number of phenolic OH excluding ortho intramolecular Hbond substituents is 1. The van der Waals surface area contributed by atoms with Crippen LogP contribution in [0.25, 0.3) is 6.08 Å². The van der Waals surface area contributed by atoms with Crippen molar-refractivity contribution in [1.82, 2.24) is 4.90 Å². The second-order valence-electron chi connectivity index (χ2n) is 8.33. The van der Waals surface area contributed by atoms with E-state index in [0.29, 0.717) is 10.7 Å². The van der Waals surface area contributed by atoms with Crippen molar-refractivity contribution in [3.8, 4) is 5.75 Å².